The van der Waals surface area contributed by atoms with E-state index in [-0.39, 0.29) is 0 Å². The van der Waals surface area contributed by atoms with Gasteiger partial charge in [0.05, 0.1) is 6.26 Å². The van der Waals surface area contributed by atoms with Crippen molar-refractivity contribution in [2.24, 2.45) is 0 Å². The summed E-state index contributed by atoms with van der Waals surface area (Å²) in [6.45, 7) is 0. The number of hydrogen-bond donors (Lipinski definition) is 1. The minimum atomic E-state index is -3.70. The first-order valence-electron chi connectivity index (χ1n) is 5.48. The molecule has 1 heterocycles. The van der Waals surface area contributed by atoms with Gasteiger partial charge < -0.3 is 18.2 Å². The Hall–Kier alpha value is -0.490. The monoisotopic (exact) mass is 375 g/mol. The fraction of sp³-hybridized carbons (Fsp3) is 0.364. The zero-order valence-electron chi connectivity index (χ0n) is 11.1. The van der Waals surface area contributed by atoms with E-state index in [1.54, 1.807) is 12.1 Å². The van der Waals surface area contributed by atoms with Gasteiger partial charge in [0.1, 0.15) is 5.76 Å². The van der Waals surface area contributed by atoms with Gasteiger partial charge in [-0.1, -0.05) is 34.8 Å². The second kappa shape index (κ2) is 7.68. The molecule has 10 heteroatoms. The Morgan fingerprint density at radius 1 is 1.43 bits per heavy atom. The van der Waals surface area contributed by atoms with Gasteiger partial charge in [-0.25, -0.2) is 0 Å². The fourth-order valence-electron chi connectivity index (χ4n) is 1.24. The lowest BCUT2D eigenvalue weighted by Gasteiger charge is -2.24. The van der Waals surface area contributed by atoms with E-state index < -0.39 is 23.1 Å². The Morgan fingerprint density at radius 3 is 2.48 bits per heavy atom. The molecule has 0 bridgehead atoms. The van der Waals surface area contributed by atoms with E-state index in [4.69, 9.17) is 58.4 Å². The van der Waals surface area contributed by atoms with Crippen molar-refractivity contribution >= 4 is 54.4 Å². The molecule has 6 nitrogen and oxygen atoms in total. The first-order valence-corrected chi connectivity index (χ1v) is 8.23. The molecule has 0 amide bonds. The van der Waals surface area contributed by atoms with Crippen molar-refractivity contribution in [3.8, 4) is 0 Å². The maximum atomic E-state index is 12.4. The minimum absolute atomic E-state index is 0.475. The normalized spacial score (nSPS) is 14.3. The first-order chi connectivity index (χ1) is 9.73. The van der Waals surface area contributed by atoms with Crippen LogP contribution in [0.25, 0.3) is 6.08 Å². The van der Waals surface area contributed by atoms with Crippen molar-refractivity contribution in [1.29, 1.82) is 5.41 Å². The average molecular weight is 377 g/mol. The number of hydrogen-bond acceptors (Lipinski definition) is 6. The number of nitrogens with one attached hydrogen (secondary N) is 1. The highest BCUT2D eigenvalue weighted by molar-refractivity contribution is 7.54. The molecule has 0 aliphatic carbocycles. The first kappa shape index (κ1) is 18.6. The van der Waals surface area contributed by atoms with E-state index in [1.807, 2.05) is 0 Å². The molecule has 0 saturated heterocycles. The summed E-state index contributed by atoms with van der Waals surface area (Å²) in [5.41, 5.74) is 0. The number of alkyl halides is 3. The van der Waals surface area contributed by atoms with Crippen LogP contribution in [0.15, 0.2) is 28.9 Å². The third kappa shape index (κ3) is 5.33. The largest absolute Gasteiger partial charge is 0.465 e. The molecular formula is C11H13Cl3NO5P. The standard InChI is InChI=1S/C11H13Cl3NO5P/c1-17-21(16,18-2)9(20-10(15)11(12,13)14)6-5-8-4-3-7-19-8/h3-7,9,15H,1-2H3/b6-5+,15-10?. The summed E-state index contributed by atoms with van der Waals surface area (Å²) >= 11 is 16.6. The lowest BCUT2D eigenvalue weighted by Crippen LogP contribution is -2.27. The van der Waals surface area contributed by atoms with Crippen molar-refractivity contribution in [3.05, 3.63) is 30.2 Å². The molecule has 0 aliphatic heterocycles. The van der Waals surface area contributed by atoms with E-state index in [0.29, 0.717) is 5.76 Å². The van der Waals surface area contributed by atoms with E-state index in [9.17, 15) is 4.57 Å². The van der Waals surface area contributed by atoms with Gasteiger partial charge >= 0.3 is 7.60 Å². The summed E-state index contributed by atoms with van der Waals surface area (Å²) in [6.07, 6.45) is 4.27. The van der Waals surface area contributed by atoms with Crippen molar-refractivity contribution in [2.75, 3.05) is 14.2 Å². The molecule has 1 aromatic heterocycles. The van der Waals surface area contributed by atoms with Crippen LogP contribution in [0.5, 0.6) is 0 Å². The summed E-state index contributed by atoms with van der Waals surface area (Å²) in [4.78, 5) is 0. The predicted octanol–water partition coefficient (Wildman–Crippen LogP) is 4.47. The Labute approximate surface area is 136 Å². The molecule has 1 rings (SSSR count). The van der Waals surface area contributed by atoms with Gasteiger partial charge in [-0.3, -0.25) is 9.97 Å². The topological polar surface area (TPSA) is 81.8 Å². The van der Waals surface area contributed by atoms with Crippen LogP contribution in [0.3, 0.4) is 0 Å². The third-order valence-electron chi connectivity index (χ3n) is 2.29. The molecule has 1 aromatic rings. The highest BCUT2D eigenvalue weighted by atomic mass is 35.6. The van der Waals surface area contributed by atoms with Gasteiger partial charge in [-0.15, -0.1) is 0 Å². The maximum Gasteiger partial charge on any atom is 0.374 e. The molecular weight excluding hydrogens is 363 g/mol. The summed E-state index contributed by atoms with van der Waals surface area (Å²) < 4.78 is 30.2. The quantitative estimate of drug-likeness (QED) is 0.343. The van der Waals surface area contributed by atoms with Gasteiger partial charge in [-0.05, 0) is 24.3 Å². The highest BCUT2D eigenvalue weighted by Gasteiger charge is 2.39. The average Bonchev–Trinajstić information content (AvgIpc) is 2.94. The third-order valence-corrected chi connectivity index (χ3v) is 4.72. The number of halogens is 3. The van der Waals surface area contributed by atoms with Crippen LogP contribution < -0.4 is 0 Å². The molecule has 0 fully saturated rings. The molecule has 21 heavy (non-hydrogen) atoms. The Bertz CT molecular complexity index is 533. The molecule has 0 spiro atoms. The Morgan fingerprint density at radius 2 is 2.05 bits per heavy atom. The number of furan rings is 1. The summed E-state index contributed by atoms with van der Waals surface area (Å²) in [6, 6.07) is 3.34. The maximum absolute atomic E-state index is 12.4. The van der Waals surface area contributed by atoms with Gasteiger partial charge in [0.25, 0.3) is 3.79 Å². The number of ether oxygens (including phenoxy) is 1. The summed E-state index contributed by atoms with van der Waals surface area (Å²) in [5, 5.41) is 7.55. The molecule has 0 aliphatic rings. The van der Waals surface area contributed by atoms with Crippen LogP contribution in [0.2, 0.25) is 0 Å². The van der Waals surface area contributed by atoms with Gasteiger partial charge in [-0.2, -0.15) is 0 Å². The summed E-state index contributed by atoms with van der Waals surface area (Å²) in [7, 11) is -1.34. The second-order valence-corrected chi connectivity index (χ2v) is 8.21. The van der Waals surface area contributed by atoms with Crippen LogP contribution >= 0.6 is 42.4 Å². The summed E-state index contributed by atoms with van der Waals surface area (Å²) in [5.74, 6) is -1.51. The Kier molecular flexibility index (Phi) is 6.78. The molecule has 0 aromatic carbocycles. The van der Waals surface area contributed by atoms with E-state index in [2.05, 4.69) is 0 Å². The zero-order chi connectivity index (χ0) is 16.1. The SMILES string of the molecule is COP(=O)(OC)C(/C=C/c1ccco1)OC(=N)C(Cl)(Cl)Cl. The molecule has 1 atom stereocenters. The van der Waals surface area contributed by atoms with Gasteiger partial charge in [0.15, 0.2) is 0 Å². The lowest BCUT2D eigenvalue weighted by molar-refractivity contribution is 0.204. The van der Waals surface area contributed by atoms with E-state index in [1.165, 1.54) is 32.6 Å². The highest BCUT2D eigenvalue weighted by Crippen LogP contribution is 2.53. The van der Waals surface area contributed by atoms with Crippen molar-refractivity contribution in [2.45, 2.75) is 9.64 Å². The predicted molar refractivity (Wildman–Crippen MR) is 82.3 cm³/mol. The smallest absolute Gasteiger partial charge is 0.374 e. The molecule has 1 N–H and O–H groups in total. The van der Waals surface area contributed by atoms with Crippen LogP contribution in [-0.4, -0.2) is 29.8 Å². The zero-order valence-corrected chi connectivity index (χ0v) is 14.2. The van der Waals surface area contributed by atoms with Gasteiger partial charge in [0, 0.05) is 14.2 Å². The second-order valence-electron chi connectivity index (χ2n) is 3.61. The molecule has 1 unspecified atom stereocenters. The molecule has 0 saturated carbocycles. The lowest BCUT2D eigenvalue weighted by atomic mass is 10.4. The van der Waals surface area contributed by atoms with E-state index >= 15 is 0 Å². The van der Waals surface area contributed by atoms with Crippen LogP contribution in [-0.2, 0) is 18.3 Å². The van der Waals surface area contributed by atoms with Crippen molar-refractivity contribution in [3.63, 3.8) is 0 Å². The fourth-order valence-corrected chi connectivity index (χ4v) is 2.47. The minimum Gasteiger partial charge on any atom is -0.465 e. The van der Waals surface area contributed by atoms with Crippen LogP contribution in [0, 0.1) is 5.41 Å². The molecule has 118 valence electrons. The van der Waals surface area contributed by atoms with Crippen molar-refractivity contribution in [1.82, 2.24) is 0 Å². The van der Waals surface area contributed by atoms with E-state index in [0.717, 1.165) is 0 Å². The number of rotatable bonds is 6. The van der Waals surface area contributed by atoms with Crippen LogP contribution in [0.4, 0.5) is 0 Å². The van der Waals surface area contributed by atoms with Gasteiger partial charge in [0.2, 0.25) is 11.7 Å². The Balaban J connectivity index is 3.00. The van der Waals surface area contributed by atoms with Crippen LogP contribution in [0.1, 0.15) is 5.76 Å². The molecule has 0 radical (unpaired) electrons. The van der Waals surface area contributed by atoms with Crippen molar-refractivity contribution < 1.29 is 22.8 Å².